The van der Waals surface area contributed by atoms with Crippen molar-refractivity contribution in [2.75, 3.05) is 23.4 Å². The lowest BCUT2D eigenvalue weighted by Gasteiger charge is -2.22. The number of carbonyl (C=O) groups excluding carboxylic acids is 2. The quantitative estimate of drug-likeness (QED) is 0.559. The number of nitrogens with zero attached hydrogens (tertiary/aromatic N) is 1. The van der Waals surface area contributed by atoms with E-state index in [1.54, 1.807) is 47.4 Å². The predicted molar refractivity (Wildman–Crippen MR) is 121 cm³/mol. The van der Waals surface area contributed by atoms with E-state index in [2.05, 4.69) is 5.32 Å². The number of aryl methyl sites for hydroxylation is 1. The Kier molecular flexibility index (Phi) is 7.09. The number of para-hydroxylation sites is 2. The lowest BCUT2D eigenvalue weighted by atomic mass is 10.1. The molecule has 1 N–H and O–H groups in total. The molecule has 0 saturated heterocycles. The molecular weight excluding hydrogens is 400 g/mol. The Hall–Kier alpha value is -3.31. The average molecular weight is 423 g/mol. The SMILES string of the molecule is CCN(C(=O)c1ccccc1NC(=O)COc1ccc(Cl)cc1C)c1ccccc1. The molecule has 0 radical (unpaired) electrons. The van der Waals surface area contributed by atoms with E-state index in [1.165, 1.54) is 0 Å². The molecular formula is C24H23ClN2O3. The summed E-state index contributed by atoms with van der Waals surface area (Å²) < 4.78 is 5.60. The minimum Gasteiger partial charge on any atom is -0.483 e. The Bertz CT molecular complexity index is 1040. The van der Waals surface area contributed by atoms with Crippen LogP contribution in [0.2, 0.25) is 5.02 Å². The van der Waals surface area contributed by atoms with E-state index in [0.29, 0.717) is 28.6 Å². The maximum Gasteiger partial charge on any atom is 0.262 e. The molecule has 0 spiro atoms. The van der Waals surface area contributed by atoms with Crippen LogP contribution in [0.3, 0.4) is 0 Å². The zero-order valence-electron chi connectivity index (χ0n) is 16.9. The standard InChI is InChI=1S/C24H23ClN2O3/c1-3-27(19-9-5-4-6-10-19)24(29)20-11-7-8-12-21(20)26-23(28)16-30-22-14-13-18(25)15-17(22)2/h4-15H,3,16H2,1-2H3,(H,26,28). The van der Waals surface area contributed by atoms with Gasteiger partial charge in [-0.1, -0.05) is 41.9 Å². The monoisotopic (exact) mass is 422 g/mol. The molecule has 0 atom stereocenters. The Labute approximate surface area is 181 Å². The first-order valence-electron chi connectivity index (χ1n) is 9.64. The molecule has 0 aliphatic heterocycles. The smallest absolute Gasteiger partial charge is 0.262 e. The van der Waals surface area contributed by atoms with Crippen LogP contribution in [-0.2, 0) is 4.79 Å². The zero-order valence-corrected chi connectivity index (χ0v) is 17.6. The van der Waals surface area contributed by atoms with Crippen molar-refractivity contribution in [3.05, 3.63) is 88.9 Å². The molecule has 0 aromatic heterocycles. The van der Waals surface area contributed by atoms with Gasteiger partial charge < -0.3 is 15.0 Å². The molecule has 0 heterocycles. The number of hydrogen-bond acceptors (Lipinski definition) is 3. The number of hydrogen-bond donors (Lipinski definition) is 1. The Morgan fingerprint density at radius 2 is 1.70 bits per heavy atom. The molecule has 0 saturated carbocycles. The van der Waals surface area contributed by atoms with Gasteiger partial charge in [0.15, 0.2) is 6.61 Å². The minimum atomic E-state index is -0.354. The third-order valence-corrected chi connectivity index (χ3v) is 4.79. The summed E-state index contributed by atoms with van der Waals surface area (Å²) in [6, 6.07) is 21.6. The molecule has 30 heavy (non-hydrogen) atoms. The highest BCUT2D eigenvalue weighted by atomic mass is 35.5. The van der Waals surface area contributed by atoms with E-state index < -0.39 is 0 Å². The van der Waals surface area contributed by atoms with Crippen LogP contribution in [0.25, 0.3) is 0 Å². The molecule has 0 bridgehead atoms. The highest BCUT2D eigenvalue weighted by Gasteiger charge is 2.20. The molecule has 0 aliphatic rings. The number of rotatable bonds is 7. The van der Waals surface area contributed by atoms with Crippen molar-refractivity contribution < 1.29 is 14.3 Å². The highest BCUT2D eigenvalue weighted by Crippen LogP contribution is 2.23. The Balaban J connectivity index is 1.73. The second kappa shape index (κ2) is 9.94. The number of ether oxygens (including phenoxy) is 1. The number of nitrogens with one attached hydrogen (secondary N) is 1. The van der Waals surface area contributed by atoms with Gasteiger partial charge >= 0.3 is 0 Å². The first-order chi connectivity index (χ1) is 14.5. The summed E-state index contributed by atoms with van der Waals surface area (Å²) in [5.41, 5.74) is 2.50. The maximum absolute atomic E-state index is 13.2. The predicted octanol–water partition coefficient (Wildman–Crippen LogP) is 5.33. The third kappa shape index (κ3) is 5.19. The van der Waals surface area contributed by atoms with Crippen LogP contribution < -0.4 is 15.0 Å². The van der Waals surface area contributed by atoms with E-state index in [1.807, 2.05) is 44.2 Å². The summed E-state index contributed by atoms with van der Waals surface area (Å²) in [4.78, 5) is 27.3. The van der Waals surface area contributed by atoms with Crippen molar-refractivity contribution in [3.8, 4) is 5.75 Å². The molecule has 0 unspecified atom stereocenters. The van der Waals surface area contributed by atoms with Crippen molar-refractivity contribution in [1.82, 2.24) is 0 Å². The molecule has 154 valence electrons. The van der Waals surface area contributed by atoms with Crippen LogP contribution in [0.1, 0.15) is 22.8 Å². The Morgan fingerprint density at radius 3 is 2.40 bits per heavy atom. The average Bonchev–Trinajstić information content (AvgIpc) is 2.75. The van der Waals surface area contributed by atoms with Gasteiger partial charge in [-0.2, -0.15) is 0 Å². The molecule has 3 aromatic rings. The number of carbonyl (C=O) groups is 2. The van der Waals surface area contributed by atoms with E-state index in [9.17, 15) is 9.59 Å². The van der Waals surface area contributed by atoms with Crippen molar-refractivity contribution in [2.24, 2.45) is 0 Å². The van der Waals surface area contributed by atoms with Gasteiger partial charge in [-0.15, -0.1) is 0 Å². The van der Waals surface area contributed by atoms with E-state index in [-0.39, 0.29) is 18.4 Å². The summed E-state index contributed by atoms with van der Waals surface area (Å²) in [5, 5.41) is 3.39. The van der Waals surface area contributed by atoms with E-state index in [4.69, 9.17) is 16.3 Å². The second-order valence-electron chi connectivity index (χ2n) is 6.68. The fourth-order valence-corrected chi connectivity index (χ4v) is 3.31. The zero-order chi connectivity index (χ0) is 21.5. The van der Waals surface area contributed by atoms with Crippen LogP contribution in [0.5, 0.6) is 5.75 Å². The number of anilines is 2. The fraction of sp³-hybridized carbons (Fsp3) is 0.167. The van der Waals surface area contributed by atoms with Crippen LogP contribution in [0, 0.1) is 6.92 Å². The Morgan fingerprint density at radius 1 is 1.00 bits per heavy atom. The number of benzene rings is 3. The van der Waals surface area contributed by atoms with Crippen LogP contribution in [0.15, 0.2) is 72.8 Å². The topological polar surface area (TPSA) is 58.6 Å². The lowest BCUT2D eigenvalue weighted by molar-refractivity contribution is -0.118. The molecule has 0 aliphatic carbocycles. The van der Waals surface area contributed by atoms with Gasteiger partial charge in [0.2, 0.25) is 0 Å². The highest BCUT2D eigenvalue weighted by molar-refractivity contribution is 6.30. The van der Waals surface area contributed by atoms with Gasteiger partial charge in [-0.3, -0.25) is 9.59 Å². The van der Waals surface area contributed by atoms with Crippen molar-refractivity contribution in [3.63, 3.8) is 0 Å². The summed E-state index contributed by atoms with van der Waals surface area (Å²) >= 11 is 5.95. The lowest BCUT2D eigenvalue weighted by Crippen LogP contribution is -2.32. The summed E-state index contributed by atoms with van der Waals surface area (Å²) in [5.74, 6) is 0.0431. The minimum absolute atomic E-state index is 0.179. The fourth-order valence-electron chi connectivity index (χ4n) is 3.08. The van der Waals surface area contributed by atoms with Crippen molar-refractivity contribution in [2.45, 2.75) is 13.8 Å². The summed E-state index contributed by atoms with van der Waals surface area (Å²) in [6.07, 6.45) is 0. The van der Waals surface area contributed by atoms with Crippen molar-refractivity contribution >= 4 is 34.8 Å². The summed E-state index contributed by atoms with van der Waals surface area (Å²) in [6.45, 7) is 4.09. The first-order valence-corrected chi connectivity index (χ1v) is 10.0. The van der Waals surface area contributed by atoms with Crippen LogP contribution >= 0.6 is 11.6 Å². The first kappa shape index (κ1) is 21.4. The molecule has 2 amide bonds. The van der Waals surface area contributed by atoms with Crippen molar-refractivity contribution in [1.29, 1.82) is 0 Å². The van der Waals surface area contributed by atoms with E-state index >= 15 is 0 Å². The third-order valence-electron chi connectivity index (χ3n) is 4.56. The maximum atomic E-state index is 13.2. The molecule has 3 aromatic carbocycles. The number of amides is 2. The van der Waals surface area contributed by atoms with Crippen LogP contribution in [-0.4, -0.2) is 25.0 Å². The largest absolute Gasteiger partial charge is 0.483 e. The van der Waals surface area contributed by atoms with Gasteiger partial charge in [-0.05, 0) is 61.9 Å². The van der Waals surface area contributed by atoms with Gasteiger partial charge in [0.25, 0.3) is 11.8 Å². The van der Waals surface area contributed by atoms with E-state index in [0.717, 1.165) is 11.3 Å². The van der Waals surface area contributed by atoms with Crippen LogP contribution in [0.4, 0.5) is 11.4 Å². The molecule has 6 heteroatoms. The molecule has 0 fully saturated rings. The number of halogens is 1. The van der Waals surface area contributed by atoms with Gasteiger partial charge in [-0.25, -0.2) is 0 Å². The summed E-state index contributed by atoms with van der Waals surface area (Å²) in [7, 11) is 0. The molecule has 3 rings (SSSR count). The van der Waals surface area contributed by atoms with Gasteiger partial charge in [0.1, 0.15) is 5.75 Å². The molecule has 5 nitrogen and oxygen atoms in total. The van der Waals surface area contributed by atoms with Gasteiger partial charge in [0.05, 0.1) is 11.3 Å². The second-order valence-corrected chi connectivity index (χ2v) is 7.11. The van der Waals surface area contributed by atoms with Gasteiger partial charge in [0, 0.05) is 17.3 Å². The normalized spacial score (nSPS) is 10.4.